The van der Waals surface area contributed by atoms with Crippen molar-refractivity contribution in [3.63, 3.8) is 0 Å². The monoisotopic (exact) mass is 568 g/mol. The Balaban J connectivity index is 1.28. The molecule has 5 heterocycles. The highest BCUT2D eigenvalue weighted by atomic mass is 32.1. The van der Waals surface area contributed by atoms with Crippen molar-refractivity contribution in [3.05, 3.63) is 45.7 Å². The van der Waals surface area contributed by atoms with E-state index in [9.17, 15) is 9.59 Å². The van der Waals surface area contributed by atoms with Crippen LogP contribution in [0.1, 0.15) is 36.2 Å². The van der Waals surface area contributed by atoms with Crippen LogP contribution in [0.15, 0.2) is 39.1 Å². The van der Waals surface area contributed by atoms with E-state index < -0.39 is 5.91 Å². The van der Waals surface area contributed by atoms with Gasteiger partial charge in [-0.1, -0.05) is 11.6 Å². The van der Waals surface area contributed by atoms with Crippen molar-refractivity contribution in [3.8, 4) is 11.3 Å². The van der Waals surface area contributed by atoms with Crippen LogP contribution in [0.4, 0.5) is 22.3 Å². The van der Waals surface area contributed by atoms with Crippen molar-refractivity contribution in [2.24, 2.45) is 5.73 Å². The second kappa shape index (κ2) is 10.9. The first-order chi connectivity index (χ1) is 19.0. The van der Waals surface area contributed by atoms with E-state index in [-0.39, 0.29) is 17.2 Å². The van der Waals surface area contributed by atoms with Gasteiger partial charge in [0.1, 0.15) is 11.7 Å². The number of morpholine rings is 1. The molecule has 2 atom stereocenters. The highest BCUT2D eigenvalue weighted by Crippen LogP contribution is 2.39. The Morgan fingerprint density at radius 1 is 1.15 bits per heavy atom. The lowest BCUT2D eigenvalue weighted by molar-refractivity contribution is -0.427. The Labute approximate surface area is 232 Å². The van der Waals surface area contributed by atoms with E-state index in [1.807, 2.05) is 5.38 Å². The van der Waals surface area contributed by atoms with Gasteiger partial charge in [-0.2, -0.15) is 0 Å². The Bertz CT molecular complexity index is 1560. The molecule has 7 N–H and O–H groups in total. The number of fused-ring (bicyclic) bond motifs is 1. The first-order valence-corrected chi connectivity index (χ1v) is 14.7. The largest absolute Gasteiger partial charge is 0.378 e. The maximum absolute atomic E-state index is 12.9. The fourth-order valence-corrected chi connectivity index (χ4v) is 7.45. The third-order valence-corrected chi connectivity index (χ3v) is 9.52. The molecule has 0 unspecified atom stereocenters. The van der Waals surface area contributed by atoms with Crippen molar-refractivity contribution in [2.75, 3.05) is 41.8 Å². The van der Waals surface area contributed by atoms with Gasteiger partial charge in [0, 0.05) is 42.6 Å². The number of amides is 1. The highest BCUT2D eigenvalue weighted by Gasteiger charge is 2.25. The lowest BCUT2D eigenvalue weighted by Crippen LogP contribution is -2.68. The number of carbonyl (C=O) groups excluding carboxylic acids is 1. The maximum Gasteiger partial charge on any atom is 0.269 e. The summed E-state index contributed by atoms with van der Waals surface area (Å²) >= 11 is 2.96. The molecule has 2 aliphatic rings. The van der Waals surface area contributed by atoms with E-state index in [1.165, 1.54) is 17.8 Å². The summed E-state index contributed by atoms with van der Waals surface area (Å²) in [6, 6.07) is 5.81. The molecule has 0 aromatic carbocycles. The molecule has 39 heavy (non-hydrogen) atoms. The van der Waals surface area contributed by atoms with Gasteiger partial charge in [-0.15, -0.1) is 22.7 Å². The van der Waals surface area contributed by atoms with Crippen molar-refractivity contribution in [2.45, 2.75) is 37.8 Å². The predicted molar refractivity (Wildman–Crippen MR) is 153 cm³/mol. The molecule has 4 aromatic heterocycles. The summed E-state index contributed by atoms with van der Waals surface area (Å²) in [5, 5.41) is 13.7. The molecular weight excluding hydrogens is 538 g/mol. The van der Waals surface area contributed by atoms with Gasteiger partial charge >= 0.3 is 0 Å². The second-order valence-corrected chi connectivity index (χ2v) is 11.7. The molecule has 1 amide bonds. The Morgan fingerprint density at radius 2 is 1.97 bits per heavy atom. The second-order valence-electron chi connectivity index (χ2n) is 9.84. The lowest BCUT2D eigenvalue weighted by Gasteiger charge is -2.28. The number of hydrogen-bond donors (Lipinski definition) is 4. The van der Waals surface area contributed by atoms with Gasteiger partial charge in [-0.3, -0.25) is 9.59 Å². The minimum atomic E-state index is -0.652. The van der Waals surface area contributed by atoms with E-state index >= 15 is 0 Å². The number of nitrogens with zero attached hydrogens (tertiary/aromatic N) is 3. The van der Waals surface area contributed by atoms with Crippen molar-refractivity contribution in [1.29, 1.82) is 0 Å². The molecule has 0 bridgehead atoms. The molecule has 1 aliphatic carbocycles. The summed E-state index contributed by atoms with van der Waals surface area (Å²) in [5.74, 6) is -0.323. The van der Waals surface area contributed by atoms with Crippen molar-refractivity contribution in [1.82, 2.24) is 10.1 Å². The fourth-order valence-electron chi connectivity index (χ4n) is 5.09. The van der Waals surface area contributed by atoms with Crippen molar-refractivity contribution < 1.29 is 19.8 Å². The maximum atomic E-state index is 12.9. The number of rotatable bonds is 7. The molecule has 1 saturated heterocycles. The van der Waals surface area contributed by atoms with Crippen LogP contribution >= 0.6 is 22.7 Å². The van der Waals surface area contributed by atoms with Crippen LogP contribution in [0.25, 0.3) is 20.7 Å². The molecule has 11 nitrogen and oxygen atoms in total. The van der Waals surface area contributed by atoms with Crippen LogP contribution in [0.5, 0.6) is 0 Å². The van der Waals surface area contributed by atoms with Crippen LogP contribution < -0.4 is 32.4 Å². The predicted octanol–water partition coefficient (Wildman–Crippen LogP) is 3.02. The van der Waals surface area contributed by atoms with Crippen LogP contribution in [-0.4, -0.2) is 54.4 Å². The fraction of sp³-hybridized carbons (Fsp3) is 0.385. The summed E-state index contributed by atoms with van der Waals surface area (Å²) in [4.78, 5) is 31.5. The molecule has 1 aliphatic heterocycles. The number of pyridine rings is 1. The van der Waals surface area contributed by atoms with Gasteiger partial charge in [0.05, 0.1) is 51.2 Å². The molecule has 1 saturated carbocycles. The lowest BCUT2D eigenvalue weighted by atomic mass is 9.91. The Morgan fingerprint density at radius 3 is 2.77 bits per heavy atom. The molecule has 0 spiro atoms. The van der Waals surface area contributed by atoms with Gasteiger partial charge in [-0.05, 0) is 18.9 Å². The average Bonchev–Trinajstić information content (AvgIpc) is 3.58. The number of primary amides is 1. The van der Waals surface area contributed by atoms with Gasteiger partial charge < -0.3 is 36.3 Å². The normalized spacial score (nSPS) is 19.8. The van der Waals surface area contributed by atoms with E-state index in [4.69, 9.17) is 15.0 Å². The summed E-state index contributed by atoms with van der Waals surface area (Å²) in [6.07, 6.45) is 6.08. The van der Waals surface area contributed by atoms with Gasteiger partial charge in [0.25, 0.3) is 5.91 Å². The zero-order valence-electron chi connectivity index (χ0n) is 21.3. The number of aromatic nitrogens is 2. The summed E-state index contributed by atoms with van der Waals surface area (Å²) in [7, 11) is 0. The molecule has 2 fully saturated rings. The number of thiophene rings is 1. The standard InChI is InChI=1S/C26H29N7O4S2/c27-16-3-1-2-4-17(16)30-14-9-19(23(26(28)35)29-12-14)31-21-10-18(32-37-21)15-13-38-25-20(34)11-22(39-24(15)25)33-5-7-36-8-6-33/h9-13,16-17,30-31H,1-8,27H2,(H2,28,35)/p+1/t16-,17+/m1/s1. The molecule has 4 aromatic rings. The number of anilines is 4. The Kier molecular flexibility index (Phi) is 7.21. The summed E-state index contributed by atoms with van der Waals surface area (Å²) < 4.78 is 12.6. The number of nitrogens with one attached hydrogen (secondary N) is 2. The van der Waals surface area contributed by atoms with E-state index in [0.717, 1.165) is 53.3 Å². The van der Waals surface area contributed by atoms with Crippen LogP contribution in [0.3, 0.4) is 0 Å². The average molecular weight is 569 g/mol. The smallest absolute Gasteiger partial charge is 0.269 e. The molecule has 0 radical (unpaired) electrons. The van der Waals surface area contributed by atoms with Crippen LogP contribution in [0, 0.1) is 0 Å². The number of ether oxygens (including phenoxy) is 1. The minimum Gasteiger partial charge on any atom is -0.378 e. The molecular formula is C26H30N7O4S2+. The summed E-state index contributed by atoms with van der Waals surface area (Å²) in [5.41, 5.74) is 12.6. The number of quaternary nitrogens is 1. The first kappa shape index (κ1) is 25.7. The summed E-state index contributed by atoms with van der Waals surface area (Å²) in [6.45, 7) is 2.78. The van der Waals surface area contributed by atoms with E-state index in [0.29, 0.717) is 41.2 Å². The third-order valence-electron chi connectivity index (χ3n) is 7.18. The molecule has 13 heteroatoms. The quantitative estimate of drug-likeness (QED) is 0.262. The highest BCUT2D eigenvalue weighted by molar-refractivity contribution is 7.28. The zero-order chi connectivity index (χ0) is 26.9. The van der Waals surface area contributed by atoms with Gasteiger partial charge in [0.2, 0.25) is 5.88 Å². The van der Waals surface area contributed by atoms with E-state index in [1.54, 1.807) is 35.7 Å². The number of nitrogens with two attached hydrogens (primary N) is 1. The van der Waals surface area contributed by atoms with Crippen LogP contribution in [0.2, 0.25) is 0 Å². The van der Waals surface area contributed by atoms with Gasteiger partial charge in [0.15, 0.2) is 11.1 Å². The van der Waals surface area contributed by atoms with Gasteiger partial charge in [-0.25, -0.2) is 4.98 Å². The topological polar surface area (TPSA) is 163 Å². The van der Waals surface area contributed by atoms with Crippen molar-refractivity contribution >= 4 is 60.2 Å². The van der Waals surface area contributed by atoms with E-state index in [2.05, 4.69) is 31.4 Å². The third kappa shape index (κ3) is 5.35. The number of hydrogen-bond acceptors (Lipinski definition) is 11. The first-order valence-electron chi connectivity index (χ1n) is 13.0. The molecule has 6 rings (SSSR count). The van der Waals surface area contributed by atoms with Crippen LogP contribution in [-0.2, 0) is 4.74 Å². The Hall–Kier alpha value is -3.52. The number of carbonyl (C=O) groups is 1. The zero-order valence-corrected chi connectivity index (χ0v) is 22.9. The minimum absolute atomic E-state index is 0.00712. The SMILES string of the molecule is NC(=O)c1ncc(N[C@H]2CCCC[C@H]2[NH3+])cc1Nc1cc(-c2csc3c(=O)cc(N4CCOCC4)sc23)no1. The molecule has 204 valence electrons.